The van der Waals surface area contributed by atoms with Gasteiger partial charge in [0.05, 0.1) is 6.10 Å². The molecule has 0 amide bonds. The smallest absolute Gasteiger partial charge is 0.332 e. The number of carboxylic acid groups (broad SMARTS) is 1. The minimum Gasteiger partial charge on any atom is -0.479 e. The predicted octanol–water partition coefficient (Wildman–Crippen LogP) is 1.35. The number of nitrogens with zero attached hydrogens (tertiary/aromatic N) is 1. The van der Waals surface area contributed by atoms with Crippen molar-refractivity contribution in [1.82, 2.24) is 4.90 Å². The van der Waals surface area contributed by atoms with E-state index in [-0.39, 0.29) is 6.10 Å². The topological polar surface area (TPSA) is 49.8 Å². The van der Waals surface area contributed by atoms with E-state index in [4.69, 9.17) is 9.84 Å². The fourth-order valence-corrected chi connectivity index (χ4v) is 2.31. The zero-order valence-corrected chi connectivity index (χ0v) is 9.89. The summed E-state index contributed by atoms with van der Waals surface area (Å²) >= 11 is 0. The van der Waals surface area contributed by atoms with Gasteiger partial charge in [-0.25, -0.2) is 4.79 Å². The number of carboxylic acids is 1. The first-order chi connectivity index (χ1) is 7.69. The molecule has 4 nitrogen and oxygen atoms in total. The fourth-order valence-electron chi connectivity index (χ4n) is 2.31. The number of carbonyl (C=O) groups is 1. The van der Waals surface area contributed by atoms with Gasteiger partial charge in [-0.3, -0.25) is 0 Å². The minimum atomic E-state index is -0.812. The van der Waals surface area contributed by atoms with Gasteiger partial charge in [-0.1, -0.05) is 6.92 Å². The zero-order valence-electron chi connectivity index (χ0n) is 9.89. The Morgan fingerprint density at radius 1 is 1.31 bits per heavy atom. The molecule has 2 unspecified atom stereocenters. The van der Waals surface area contributed by atoms with E-state index in [0.717, 1.165) is 32.0 Å². The number of aliphatic carboxylic acids is 1. The summed E-state index contributed by atoms with van der Waals surface area (Å²) in [6, 6.07) is 0. The second-order valence-corrected chi connectivity index (χ2v) is 4.96. The molecule has 2 aliphatic rings. The van der Waals surface area contributed by atoms with Crippen LogP contribution in [0.4, 0.5) is 0 Å². The van der Waals surface area contributed by atoms with Crippen LogP contribution in [0.3, 0.4) is 0 Å². The van der Waals surface area contributed by atoms with Gasteiger partial charge in [-0.15, -0.1) is 0 Å². The molecule has 92 valence electrons. The van der Waals surface area contributed by atoms with Gasteiger partial charge in [0.15, 0.2) is 6.10 Å². The van der Waals surface area contributed by atoms with Crippen LogP contribution in [0.5, 0.6) is 0 Å². The summed E-state index contributed by atoms with van der Waals surface area (Å²) in [6.45, 7) is 5.25. The summed E-state index contributed by atoms with van der Waals surface area (Å²) in [7, 11) is 0. The molecule has 0 aromatic heterocycles. The molecule has 0 aromatic rings. The van der Waals surface area contributed by atoms with Crippen molar-refractivity contribution in [1.29, 1.82) is 0 Å². The van der Waals surface area contributed by atoms with Crippen LogP contribution in [0.2, 0.25) is 0 Å². The Balaban J connectivity index is 1.73. The van der Waals surface area contributed by atoms with Crippen molar-refractivity contribution in [2.24, 2.45) is 5.92 Å². The highest BCUT2D eigenvalue weighted by atomic mass is 16.5. The monoisotopic (exact) mass is 227 g/mol. The van der Waals surface area contributed by atoms with Crippen LogP contribution >= 0.6 is 0 Å². The quantitative estimate of drug-likeness (QED) is 0.744. The summed E-state index contributed by atoms with van der Waals surface area (Å²) in [6.07, 6.45) is 3.84. The molecule has 2 rings (SSSR count). The van der Waals surface area contributed by atoms with Crippen LogP contribution in [0.15, 0.2) is 0 Å². The van der Waals surface area contributed by atoms with Crippen LogP contribution < -0.4 is 0 Å². The summed E-state index contributed by atoms with van der Waals surface area (Å²) in [5, 5.41) is 8.84. The molecule has 0 aromatic carbocycles. The molecule has 1 saturated heterocycles. The van der Waals surface area contributed by atoms with Crippen LogP contribution in [-0.4, -0.2) is 47.8 Å². The Bertz CT molecular complexity index is 253. The van der Waals surface area contributed by atoms with E-state index in [9.17, 15) is 4.79 Å². The van der Waals surface area contributed by atoms with Crippen molar-refractivity contribution in [2.45, 2.75) is 44.8 Å². The first-order valence-electron chi connectivity index (χ1n) is 6.29. The molecule has 0 bridgehead atoms. The van der Waals surface area contributed by atoms with Gasteiger partial charge < -0.3 is 14.7 Å². The fraction of sp³-hybridized carbons (Fsp3) is 0.917. The number of likely N-dealkylation sites (N-methyl/N-ethyl adjacent to an activating group) is 1. The molecule has 0 radical (unpaired) electrons. The van der Waals surface area contributed by atoms with Gasteiger partial charge in [0.2, 0.25) is 0 Å². The van der Waals surface area contributed by atoms with Crippen molar-refractivity contribution in [3.05, 3.63) is 0 Å². The molecule has 1 aliphatic carbocycles. The lowest BCUT2D eigenvalue weighted by Gasteiger charge is -2.23. The van der Waals surface area contributed by atoms with E-state index in [1.165, 1.54) is 12.8 Å². The highest BCUT2D eigenvalue weighted by Gasteiger charge is 2.32. The maximum atomic E-state index is 10.8. The first-order valence-corrected chi connectivity index (χ1v) is 6.29. The molecule has 0 spiro atoms. The highest BCUT2D eigenvalue weighted by Crippen LogP contribution is 2.30. The number of hydrogen-bond acceptors (Lipinski definition) is 3. The van der Waals surface area contributed by atoms with Gasteiger partial charge in [-0.2, -0.15) is 0 Å². The molecule has 2 atom stereocenters. The Morgan fingerprint density at radius 3 is 2.56 bits per heavy atom. The summed E-state index contributed by atoms with van der Waals surface area (Å²) < 4.78 is 5.52. The van der Waals surface area contributed by atoms with Gasteiger partial charge in [0.25, 0.3) is 0 Å². The van der Waals surface area contributed by atoms with Crippen LogP contribution in [-0.2, 0) is 9.53 Å². The summed E-state index contributed by atoms with van der Waals surface area (Å²) in [5.74, 6) is 0.0735. The Labute approximate surface area is 96.6 Å². The first kappa shape index (κ1) is 11.9. The van der Waals surface area contributed by atoms with E-state index in [1.807, 2.05) is 0 Å². The lowest BCUT2D eigenvalue weighted by molar-refractivity contribution is -0.149. The lowest BCUT2D eigenvalue weighted by atomic mass is 10.2. The van der Waals surface area contributed by atoms with Crippen molar-refractivity contribution in [3.63, 3.8) is 0 Å². The molecule has 1 N–H and O–H groups in total. The summed E-state index contributed by atoms with van der Waals surface area (Å²) in [5.41, 5.74) is 0. The van der Waals surface area contributed by atoms with Gasteiger partial charge in [0, 0.05) is 13.1 Å². The normalized spacial score (nSPS) is 29.9. The average Bonchev–Trinajstić information content (AvgIpc) is 2.93. The van der Waals surface area contributed by atoms with Crippen molar-refractivity contribution < 1.29 is 14.6 Å². The number of ether oxygens (including phenoxy) is 1. The SMILES string of the molecule is CCN(CC1CC1)CC1CCC(C(=O)O)O1. The van der Waals surface area contributed by atoms with Crippen molar-refractivity contribution in [2.75, 3.05) is 19.6 Å². The Hall–Kier alpha value is -0.610. The Morgan fingerprint density at radius 2 is 2.06 bits per heavy atom. The van der Waals surface area contributed by atoms with Gasteiger partial charge >= 0.3 is 5.97 Å². The molecule has 2 fully saturated rings. The third-order valence-electron chi connectivity index (χ3n) is 3.51. The van der Waals surface area contributed by atoms with Crippen LogP contribution in [0.25, 0.3) is 0 Å². The van der Waals surface area contributed by atoms with E-state index < -0.39 is 12.1 Å². The average molecular weight is 227 g/mol. The third-order valence-corrected chi connectivity index (χ3v) is 3.51. The van der Waals surface area contributed by atoms with Crippen LogP contribution in [0.1, 0.15) is 32.6 Å². The van der Waals surface area contributed by atoms with E-state index in [0.29, 0.717) is 6.42 Å². The number of rotatable bonds is 6. The van der Waals surface area contributed by atoms with E-state index in [2.05, 4.69) is 11.8 Å². The molecular weight excluding hydrogens is 206 g/mol. The maximum Gasteiger partial charge on any atom is 0.332 e. The molecule has 16 heavy (non-hydrogen) atoms. The third kappa shape index (κ3) is 3.19. The highest BCUT2D eigenvalue weighted by molar-refractivity contribution is 5.72. The number of hydrogen-bond donors (Lipinski definition) is 1. The van der Waals surface area contributed by atoms with E-state index >= 15 is 0 Å². The minimum absolute atomic E-state index is 0.125. The largest absolute Gasteiger partial charge is 0.479 e. The molecule has 1 saturated carbocycles. The second-order valence-electron chi connectivity index (χ2n) is 4.96. The Kier molecular flexibility index (Phi) is 3.82. The molecule has 1 aliphatic heterocycles. The maximum absolute atomic E-state index is 10.8. The lowest BCUT2D eigenvalue weighted by Crippen LogP contribution is -2.34. The van der Waals surface area contributed by atoms with Gasteiger partial charge in [-0.05, 0) is 38.1 Å². The van der Waals surface area contributed by atoms with Crippen molar-refractivity contribution in [3.8, 4) is 0 Å². The summed E-state index contributed by atoms with van der Waals surface area (Å²) in [4.78, 5) is 13.1. The standard InChI is InChI=1S/C12H21NO3/c1-2-13(7-9-3-4-9)8-10-5-6-11(16-10)12(14)15/h9-11H,2-8H2,1H3,(H,14,15). The molecule has 4 heteroatoms. The van der Waals surface area contributed by atoms with Crippen molar-refractivity contribution >= 4 is 5.97 Å². The molecule has 1 heterocycles. The van der Waals surface area contributed by atoms with Crippen LogP contribution in [0, 0.1) is 5.92 Å². The van der Waals surface area contributed by atoms with E-state index in [1.54, 1.807) is 0 Å². The molecular formula is C12H21NO3. The zero-order chi connectivity index (χ0) is 11.5. The van der Waals surface area contributed by atoms with Gasteiger partial charge in [0.1, 0.15) is 0 Å². The second kappa shape index (κ2) is 5.15. The predicted molar refractivity (Wildman–Crippen MR) is 60.4 cm³/mol.